The standard InChI is InChI=1S/C12H22N4O.HI/c1-4-13-11(14-5-1)15-10-12(2-3-12)16-6-8-17-9-7-16;/h1-10H2,(H2,13,14,15);1H. The van der Waals surface area contributed by atoms with E-state index < -0.39 is 0 Å². The van der Waals surface area contributed by atoms with E-state index in [4.69, 9.17) is 4.74 Å². The molecule has 3 rings (SSSR count). The average molecular weight is 366 g/mol. The van der Waals surface area contributed by atoms with Gasteiger partial charge in [0.25, 0.3) is 0 Å². The molecule has 1 saturated carbocycles. The van der Waals surface area contributed by atoms with Gasteiger partial charge in [0, 0.05) is 38.3 Å². The van der Waals surface area contributed by atoms with Crippen LogP contribution >= 0.6 is 24.0 Å². The van der Waals surface area contributed by atoms with E-state index in [2.05, 4.69) is 20.5 Å². The van der Waals surface area contributed by atoms with Crippen molar-refractivity contribution in [2.45, 2.75) is 24.8 Å². The van der Waals surface area contributed by atoms with E-state index in [0.29, 0.717) is 5.54 Å². The summed E-state index contributed by atoms with van der Waals surface area (Å²) >= 11 is 0. The summed E-state index contributed by atoms with van der Waals surface area (Å²) in [4.78, 5) is 7.05. The summed E-state index contributed by atoms with van der Waals surface area (Å²) in [6.07, 6.45) is 3.78. The van der Waals surface area contributed by atoms with Gasteiger partial charge in [-0.25, -0.2) is 0 Å². The number of rotatable bonds is 3. The van der Waals surface area contributed by atoms with Crippen LogP contribution in [0, 0.1) is 0 Å². The van der Waals surface area contributed by atoms with Crippen LogP contribution in [-0.4, -0.2) is 62.3 Å². The highest BCUT2D eigenvalue weighted by Gasteiger charge is 2.48. The highest BCUT2D eigenvalue weighted by atomic mass is 127. The minimum absolute atomic E-state index is 0. The highest BCUT2D eigenvalue weighted by Crippen LogP contribution is 2.41. The number of hydrogen-bond donors (Lipinski definition) is 2. The van der Waals surface area contributed by atoms with Gasteiger partial charge >= 0.3 is 0 Å². The van der Waals surface area contributed by atoms with E-state index in [9.17, 15) is 0 Å². The Morgan fingerprint density at radius 2 is 2.11 bits per heavy atom. The maximum atomic E-state index is 5.42. The summed E-state index contributed by atoms with van der Waals surface area (Å²) in [6.45, 7) is 6.99. The zero-order valence-electron chi connectivity index (χ0n) is 10.8. The first-order valence-electron chi connectivity index (χ1n) is 6.74. The molecule has 6 heteroatoms. The SMILES string of the molecule is C1CN=C(NCC2(N3CCOCC3)CC2)NC1.I. The van der Waals surface area contributed by atoms with Crippen molar-refractivity contribution >= 4 is 29.9 Å². The molecule has 2 heterocycles. The Bertz CT molecular complexity index is 300. The normalized spacial score (nSPS) is 26.6. The molecule has 2 fully saturated rings. The molecular weight excluding hydrogens is 343 g/mol. The lowest BCUT2D eigenvalue weighted by atomic mass is 10.2. The first-order valence-corrected chi connectivity index (χ1v) is 6.74. The Kier molecular flexibility index (Phi) is 5.08. The minimum Gasteiger partial charge on any atom is -0.379 e. The van der Waals surface area contributed by atoms with Crippen LogP contribution in [0.5, 0.6) is 0 Å². The first-order chi connectivity index (χ1) is 8.39. The Morgan fingerprint density at radius 3 is 2.72 bits per heavy atom. The molecule has 2 aliphatic heterocycles. The summed E-state index contributed by atoms with van der Waals surface area (Å²) in [5, 5.41) is 6.80. The van der Waals surface area contributed by atoms with Crippen LogP contribution in [0.4, 0.5) is 0 Å². The number of nitrogens with zero attached hydrogens (tertiary/aromatic N) is 2. The summed E-state index contributed by atoms with van der Waals surface area (Å²) < 4.78 is 5.42. The van der Waals surface area contributed by atoms with Crippen molar-refractivity contribution in [1.29, 1.82) is 0 Å². The van der Waals surface area contributed by atoms with Crippen LogP contribution in [0.1, 0.15) is 19.3 Å². The molecule has 104 valence electrons. The summed E-state index contributed by atoms with van der Waals surface area (Å²) in [6, 6.07) is 0. The molecule has 1 saturated heterocycles. The average Bonchev–Trinajstić information content (AvgIpc) is 3.20. The van der Waals surface area contributed by atoms with Crippen LogP contribution in [0.15, 0.2) is 4.99 Å². The molecule has 2 N–H and O–H groups in total. The van der Waals surface area contributed by atoms with Gasteiger partial charge in [0.1, 0.15) is 0 Å². The van der Waals surface area contributed by atoms with Gasteiger partial charge in [-0.05, 0) is 19.3 Å². The lowest BCUT2D eigenvalue weighted by Crippen LogP contribution is -2.52. The summed E-state index contributed by atoms with van der Waals surface area (Å²) in [5.41, 5.74) is 0.394. The largest absolute Gasteiger partial charge is 0.379 e. The van der Waals surface area contributed by atoms with E-state index in [1.807, 2.05) is 0 Å². The fraction of sp³-hybridized carbons (Fsp3) is 0.917. The second-order valence-corrected chi connectivity index (χ2v) is 5.19. The van der Waals surface area contributed by atoms with Crippen molar-refractivity contribution < 1.29 is 4.74 Å². The quantitative estimate of drug-likeness (QED) is 0.711. The lowest BCUT2D eigenvalue weighted by Gasteiger charge is -2.35. The molecule has 5 nitrogen and oxygen atoms in total. The number of guanidine groups is 1. The number of nitrogens with one attached hydrogen (secondary N) is 2. The Balaban J connectivity index is 0.00000120. The number of hydrogen-bond acceptors (Lipinski definition) is 5. The molecule has 0 radical (unpaired) electrons. The molecule has 0 amide bonds. The predicted molar refractivity (Wildman–Crippen MR) is 82.7 cm³/mol. The molecule has 3 aliphatic rings. The van der Waals surface area contributed by atoms with Crippen LogP contribution in [0.3, 0.4) is 0 Å². The fourth-order valence-electron chi connectivity index (χ4n) is 2.69. The summed E-state index contributed by atoms with van der Waals surface area (Å²) in [5.74, 6) is 0.996. The number of halogens is 1. The molecule has 0 unspecified atom stereocenters. The minimum atomic E-state index is 0. The van der Waals surface area contributed by atoms with Crippen molar-refractivity contribution in [1.82, 2.24) is 15.5 Å². The maximum Gasteiger partial charge on any atom is 0.191 e. The zero-order chi connectivity index (χ0) is 11.6. The van der Waals surface area contributed by atoms with E-state index in [1.54, 1.807) is 0 Å². The van der Waals surface area contributed by atoms with Gasteiger partial charge in [-0.3, -0.25) is 9.89 Å². The first kappa shape index (κ1) is 14.3. The zero-order valence-corrected chi connectivity index (χ0v) is 13.1. The molecule has 0 spiro atoms. The highest BCUT2D eigenvalue weighted by molar-refractivity contribution is 14.0. The van der Waals surface area contributed by atoms with Crippen molar-refractivity contribution in [3.8, 4) is 0 Å². The van der Waals surface area contributed by atoms with Gasteiger partial charge in [-0.2, -0.15) is 0 Å². The van der Waals surface area contributed by atoms with Gasteiger partial charge in [-0.1, -0.05) is 0 Å². The topological polar surface area (TPSA) is 48.9 Å². The van der Waals surface area contributed by atoms with E-state index in [1.165, 1.54) is 12.8 Å². The Labute approximate surface area is 126 Å². The predicted octanol–water partition coefficient (Wildman–Crippen LogP) is 0.408. The molecular formula is C12H23IN4O. The summed E-state index contributed by atoms with van der Waals surface area (Å²) in [7, 11) is 0. The third kappa shape index (κ3) is 3.27. The van der Waals surface area contributed by atoms with Crippen LogP contribution < -0.4 is 10.6 Å². The van der Waals surface area contributed by atoms with Crippen LogP contribution in [0.25, 0.3) is 0 Å². The van der Waals surface area contributed by atoms with Gasteiger partial charge in [0.15, 0.2) is 5.96 Å². The van der Waals surface area contributed by atoms with Crippen LogP contribution in [-0.2, 0) is 4.74 Å². The van der Waals surface area contributed by atoms with Crippen LogP contribution in [0.2, 0.25) is 0 Å². The molecule has 0 bridgehead atoms. The van der Waals surface area contributed by atoms with Crippen molar-refractivity contribution in [3.63, 3.8) is 0 Å². The van der Waals surface area contributed by atoms with Crippen molar-refractivity contribution in [2.75, 3.05) is 45.9 Å². The number of morpholine rings is 1. The number of aliphatic imine (C=N–C) groups is 1. The number of ether oxygens (including phenoxy) is 1. The van der Waals surface area contributed by atoms with E-state index >= 15 is 0 Å². The molecule has 18 heavy (non-hydrogen) atoms. The third-order valence-corrected chi connectivity index (χ3v) is 3.99. The molecule has 0 aromatic carbocycles. The molecule has 0 atom stereocenters. The molecule has 0 aromatic rings. The lowest BCUT2D eigenvalue weighted by molar-refractivity contribution is 0.0106. The van der Waals surface area contributed by atoms with E-state index in [0.717, 1.165) is 58.3 Å². The second-order valence-electron chi connectivity index (χ2n) is 5.19. The van der Waals surface area contributed by atoms with Gasteiger partial charge in [0.2, 0.25) is 0 Å². The van der Waals surface area contributed by atoms with Gasteiger partial charge < -0.3 is 15.4 Å². The van der Waals surface area contributed by atoms with E-state index in [-0.39, 0.29) is 24.0 Å². The second kappa shape index (κ2) is 6.38. The van der Waals surface area contributed by atoms with Crippen molar-refractivity contribution in [3.05, 3.63) is 0 Å². The molecule has 1 aliphatic carbocycles. The van der Waals surface area contributed by atoms with Gasteiger partial charge in [0.05, 0.1) is 13.2 Å². The maximum absolute atomic E-state index is 5.42. The Hall–Kier alpha value is -0.0800. The van der Waals surface area contributed by atoms with Gasteiger partial charge in [-0.15, -0.1) is 24.0 Å². The fourth-order valence-corrected chi connectivity index (χ4v) is 2.69. The van der Waals surface area contributed by atoms with Crippen molar-refractivity contribution in [2.24, 2.45) is 4.99 Å². The molecule has 0 aromatic heterocycles. The monoisotopic (exact) mass is 366 g/mol. The third-order valence-electron chi connectivity index (χ3n) is 3.99. The Morgan fingerprint density at radius 1 is 1.33 bits per heavy atom. The smallest absolute Gasteiger partial charge is 0.191 e.